The summed E-state index contributed by atoms with van der Waals surface area (Å²) in [5.74, 6) is 1.70. The van der Waals surface area contributed by atoms with Gasteiger partial charge in [-0.2, -0.15) is 11.8 Å². The van der Waals surface area contributed by atoms with Crippen LogP contribution in [0.3, 0.4) is 0 Å². The Balaban J connectivity index is 1.83. The highest BCUT2D eigenvalue weighted by molar-refractivity contribution is 7.99. The molecule has 0 aliphatic heterocycles. The van der Waals surface area contributed by atoms with Crippen LogP contribution in [0.1, 0.15) is 37.1 Å². The molecule has 1 heterocycles. The molecule has 110 valence electrons. The van der Waals surface area contributed by atoms with Crippen LogP contribution in [-0.2, 0) is 5.75 Å². The van der Waals surface area contributed by atoms with Crippen molar-refractivity contribution in [3.8, 4) is 11.3 Å². The van der Waals surface area contributed by atoms with Gasteiger partial charge in [-0.15, -0.1) is 0 Å². The van der Waals surface area contributed by atoms with Gasteiger partial charge in [-0.25, -0.2) is 9.97 Å². The molecule has 1 aromatic heterocycles. The maximum atomic E-state index is 6.30. The number of halogens is 1. The number of nitrogens with zero attached hydrogens (tertiary/aromatic N) is 2. The van der Waals surface area contributed by atoms with Crippen LogP contribution in [-0.4, -0.2) is 15.2 Å². The van der Waals surface area contributed by atoms with Crippen molar-refractivity contribution in [1.82, 2.24) is 9.97 Å². The maximum absolute atomic E-state index is 6.30. The number of thioether (sulfide) groups is 1. The van der Waals surface area contributed by atoms with Crippen LogP contribution in [0, 0.1) is 6.92 Å². The molecule has 3 rings (SSSR count). The Morgan fingerprint density at radius 1 is 1.14 bits per heavy atom. The predicted octanol–water partition coefficient (Wildman–Crippen LogP) is 5.28. The normalized spacial score (nSPS) is 15.5. The minimum absolute atomic E-state index is 0.575. The van der Waals surface area contributed by atoms with Crippen LogP contribution in [0.4, 0.5) is 0 Å². The van der Waals surface area contributed by atoms with E-state index in [0.717, 1.165) is 33.6 Å². The molecule has 0 N–H and O–H groups in total. The second-order valence-electron chi connectivity index (χ2n) is 5.49. The van der Waals surface area contributed by atoms with E-state index in [0.29, 0.717) is 5.15 Å². The molecule has 0 amide bonds. The molecule has 1 aliphatic rings. The van der Waals surface area contributed by atoms with Crippen molar-refractivity contribution in [2.75, 3.05) is 0 Å². The highest BCUT2D eigenvalue weighted by Crippen LogP contribution is 2.32. The third-order valence-electron chi connectivity index (χ3n) is 3.93. The van der Waals surface area contributed by atoms with Crippen molar-refractivity contribution in [3.05, 3.63) is 46.9 Å². The lowest BCUT2D eigenvalue weighted by atomic mass is 10.1. The molecule has 1 aliphatic carbocycles. The summed E-state index contributed by atoms with van der Waals surface area (Å²) >= 11 is 8.28. The van der Waals surface area contributed by atoms with Gasteiger partial charge < -0.3 is 0 Å². The van der Waals surface area contributed by atoms with Crippen molar-refractivity contribution < 1.29 is 0 Å². The number of rotatable bonds is 4. The van der Waals surface area contributed by atoms with Crippen LogP contribution in [0.25, 0.3) is 11.3 Å². The van der Waals surface area contributed by atoms with Crippen molar-refractivity contribution in [1.29, 1.82) is 0 Å². The minimum Gasteiger partial charge on any atom is -0.232 e. The van der Waals surface area contributed by atoms with Crippen molar-refractivity contribution >= 4 is 23.4 Å². The van der Waals surface area contributed by atoms with Gasteiger partial charge in [0, 0.05) is 16.4 Å². The second-order valence-corrected chi connectivity index (χ2v) is 7.13. The molecule has 0 bridgehead atoms. The lowest BCUT2D eigenvalue weighted by molar-refractivity contribution is 0.886. The summed E-state index contributed by atoms with van der Waals surface area (Å²) in [6, 6.07) is 10.2. The van der Waals surface area contributed by atoms with E-state index < -0.39 is 0 Å². The average Bonchev–Trinajstić information content (AvgIpc) is 3.02. The molecule has 21 heavy (non-hydrogen) atoms. The number of benzene rings is 1. The molecule has 2 aromatic rings. The Morgan fingerprint density at radius 2 is 1.86 bits per heavy atom. The number of aromatic nitrogens is 2. The fourth-order valence-corrected chi connectivity index (χ4v) is 4.09. The zero-order valence-electron chi connectivity index (χ0n) is 12.2. The molecule has 2 nitrogen and oxygen atoms in total. The minimum atomic E-state index is 0.575. The molecule has 1 aromatic carbocycles. The Bertz CT molecular complexity index is 610. The second kappa shape index (κ2) is 6.80. The van der Waals surface area contributed by atoms with Crippen molar-refractivity contribution in [2.45, 2.75) is 43.6 Å². The summed E-state index contributed by atoms with van der Waals surface area (Å²) in [4.78, 5) is 9.20. The quantitative estimate of drug-likeness (QED) is 0.717. The summed E-state index contributed by atoms with van der Waals surface area (Å²) < 4.78 is 0. The largest absolute Gasteiger partial charge is 0.232 e. The highest BCUT2D eigenvalue weighted by Gasteiger charge is 2.17. The molecule has 0 atom stereocenters. The molecule has 0 spiro atoms. The standard InChI is InChI=1S/C17H19ClN2S/c1-12-16(13-7-3-2-4-8-13)19-15(20-17(12)18)11-21-14-9-5-6-10-14/h2-4,7-8,14H,5-6,9-11H2,1H3. The first-order valence-corrected chi connectivity index (χ1v) is 8.87. The smallest absolute Gasteiger partial charge is 0.140 e. The first-order valence-electron chi connectivity index (χ1n) is 7.44. The van der Waals surface area contributed by atoms with E-state index in [2.05, 4.69) is 17.1 Å². The van der Waals surface area contributed by atoms with E-state index in [1.807, 2.05) is 36.9 Å². The fourth-order valence-electron chi connectivity index (χ4n) is 2.72. The molecular weight excluding hydrogens is 300 g/mol. The monoisotopic (exact) mass is 318 g/mol. The fraction of sp³-hybridized carbons (Fsp3) is 0.412. The van der Waals surface area contributed by atoms with Gasteiger partial charge >= 0.3 is 0 Å². The molecule has 1 saturated carbocycles. The average molecular weight is 319 g/mol. The molecule has 0 unspecified atom stereocenters. The summed E-state index contributed by atoms with van der Waals surface area (Å²) in [6.07, 6.45) is 5.39. The van der Waals surface area contributed by atoms with Crippen molar-refractivity contribution in [2.24, 2.45) is 0 Å². The topological polar surface area (TPSA) is 25.8 Å². The zero-order chi connectivity index (χ0) is 14.7. The molecule has 1 fully saturated rings. The SMILES string of the molecule is Cc1c(Cl)nc(CSC2CCCC2)nc1-c1ccccc1. The third kappa shape index (κ3) is 3.58. The van der Waals surface area contributed by atoms with Gasteiger partial charge in [-0.05, 0) is 19.8 Å². The summed E-state index contributed by atoms with van der Waals surface area (Å²) in [5.41, 5.74) is 3.02. The van der Waals surface area contributed by atoms with E-state index >= 15 is 0 Å². The molecule has 4 heteroatoms. The van der Waals surface area contributed by atoms with Crippen LogP contribution in [0.5, 0.6) is 0 Å². The first kappa shape index (κ1) is 14.9. The van der Waals surface area contributed by atoms with E-state index in [4.69, 9.17) is 16.6 Å². The lowest BCUT2D eigenvalue weighted by Crippen LogP contribution is -2.02. The van der Waals surface area contributed by atoms with Gasteiger partial charge in [0.05, 0.1) is 11.4 Å². The molecular formula is C17H19ClN2S. The number of hydrogen-bond donors (Lipinski definition) is 0. The van der Waals surface area contributed by atoms with Gasteiger partial charge in [-0.1, -0.05) is 54.8 Å². The highest BCUT2D eigenvalue weighted by atomic mass is 35.5. The van der Waals surface area contributed by atoms with Crippen molar-refractivity contribution in [3.63, 3.8) is 0 Å². The molecule has 0 radical (unpaired) electrons. The van der Waals surface area contributed by atoms with E-state index in [1.165, 1.54) is 25.7 Å². The summed E-state index contributed by atoms with van der Waals surface area (Å²) in [6.45, 7) is 1.98. The zero-order valence-corrected chi connectivity index (χ0v) is 13.8. The van der Waals surface area contributed by atoms with Gasteiger partial charge in [0.25, 0.3) is 0 Å². The van der Waals surface area contributed by atoms with E-state index in [1.54, 1.807) is 0 Å². The molecule has 0 saturated heterocycles. The Kier molecular flexibility index (Phi) is 4.81. The van der Waals surface area contributed by atoms with Crippen LogP contribution < -0.4 is 0 Å². The first-order chi connectivity index (χ1) is 10.2. The van der Waals surface area contributed by atoms with Crippen LogP contribution in [0.15, 0.2) is 30.3 Å². The predicted molar refractivity (Wildman–Crippen MR) is 90.8 cm³/mol. The summed E-state index contributed by atoms with van der Waals surface area (Å²) in [5, 5.41) is 1.35. The number of hydrogen-bond acceptors (Lipinski definition) is 3. The Labute approximate surface area is 135 Å². The van der Waals surface area contributed by atoms with Gasteiger partial charge in [0.15, 0.2) is 0 Å². The van der Waals surface area contributed by atoms with Gasteiger partial charge in [0.1, 0.15) is 11.0 Å². The van der Waals surface area contributed by atoms with E-state index in [9.17, 15) is 0 Å². The van der Waals surface area contributed by atoms with E-state index in [-0.39, 0.29) is 0 Å². The maximum Gasteiger partial charge on any atom is 0.140 e. The third-order valence-corrected chi connectivity index (χ3v) is 5.67. The lowest BCUT2D eigenvalue weighted by Gasteiger charge is -2.11. The van der Waals surface area contributed by atoms with Gasteiger partial charge in [0.2, 0.25) is 0 Å². The van der Waals surface area contributed by atoms with Crippen LogP contribution >= 0.6 is 23.4 Å². The summed E-state index contributed by atoms with van der Waals surface area (Å²) in [7, 11) is 0. The van der Waals surface area contributed by atoms with Gasteiger partial charge in [-0.3, -0.25) is 0 Å². The Morgan fingerprint density at radius 3 is 2.57 bits per heavy atom. The Hall–Kier alpha value is -1.06. The van der Waals surface area contributed by atoms with Crippen LogP contribution in [0.2, 0.25) is 5.15 Å².